The van der Waals surface area contributed by atoms with Crippen LogP contribution in [0.1, 0.15) is 136 Å². The average molecular weight is 422 g/mol. The van der Waals surface area contributed by atoms with Crippen LogP contribution in [-0.4, -0.2) is 18.2 Å². The maximum Gasteiger partial charge on any atom is 0.0975 e. The Kier molecular flexibility index (Phi) is 21.6. The minimum absolute atomic E-state index is 0. The fourth-order valence-electron chi connectivity index (χ4n) is 3.93. The van der Waals surface area contributed by atoms with E-state index in [-0.39, 0.29) is 12.1 Å². The quantitative estimate of drug-likeness (QED) is 0.159. The molecule has 0 amide bonds. The van der Waals surface area contributed by atoms with Gasteiger partial charge in [0.15, 0.2) is 0 Å². The topological polar surface area (TPSA) is 93.7 Å². The third kappa shape index (κ3) is 17.9. The van der Waals surface area contributed by atoms with Gasteiger partial charge in [-0.15, -0.1) is 0 Å². The Balaban J connectivity index is 0. The van der Waals surface area contributed by atoms with E-state index < -0.39 is 15.4 Å². The molecule has 0 rings (SSSR count). The van der Waals surface area contributed by atoms with E-state index in [0.29, 0.717) is 0 Å². The Morgan fingerprint density at radius 1 is 0.607 bits per heavy atom. The molecule has 0 aromatic carbocycles. The summed E-state index contributed by atoms with van der Waals surface area (Å²) in [5, 5.41) is -0.730. The molecule has 0 aliphatic carbocycles. The van der Waals surface area contributed by atoms with Crippen LogP contribution in [0.25, 0.3) is 0 Å². The van der Waals surface area contributed by atoms with Gasteiger partial charge in [0.05, 0.1) is 10.1 Å². The van der Waals surface area contributed by atoms with Crippen molar-refractivity contribution in [3.63, 3.8) is 0 Å². The molecule has 1 atom stereocenters. The Labute approximate surface area is 177 Å². The molecule has 1 unspecified atom stereocenters. The second-order valence-electron chi connectivity index (χ2n) is 8.49. The number of rotatable bonds is 20. The maximum absolute atomic E-state index is 11.5. The summed E-state index contributed by atoms with van der Waals surface area (Å²) in [6.45, 7) is 6.10. The molecule has 4 N–H and O–H groups in total. The molecule has 0 saturated carbocycles. The lowest BCUT2D eigenvalue weighted by atomic mass is 9.91. The summed E-state index contributed by atoms with van der Waals surface area (Å²) in [7, 11) is -4.17. The summed E-state index contributed by atoms with van der Waals surface area (Å²) < 4.78 is 34.5. The molecule has 0 spiro atoms. The van der Waals surface area contributed by atoms with Crippen molar-refractivity contribution in [2.24, 2.45) is 5.92 Å². The molecule has 0 bridgehead atoms. The van der Waals surface area contributed by atoms with Gasteiger partial charge in [0.2, 0.25) is 0 Å². The summed E-state index contributed by atoms with van der Waals surface area (Å²) in [5.41, 5.74) is 0. The van der Waals surface area contributed by atoms with Crippen molar-refractivity contribution in [2.45, 2.75) is 142 Å². The van der Waals surface area contributed by atoms with E-state index in [2.05, 4.69) is 13.8 Å². The summed E-state index contributed by atoms with van der Waals surface area (Å²) >= 11 is 0. The lowest BCUT2D eigenvalue weighted by Crippen LogP contribution is -2.26. The molecule has 0 aliphatic rings. The summed E-state index contributed by atoms with van der Waals surface area (Å²) in [6, 6.07) is 0. The number of hydrogen-bond donors (Lipinski definition) is 1. The lowest BCUT2D eigenvalue weighted by Gasteiger charge is -2.26. The van der Waals surface area contributed by atoms with Gasteiger partial charge in [-0.05, 0) is 25.7 Å². The first-order valence-corrected chi connectivity index (χ1v) is 13.3. The first-order chi connectivity index (χ1) is 12.9. The molecule has 5 heteroatoms. The van der Waals surface area contributed by atoms with Crippen LogP contribution < -0.4 is 6.15 Å². The smallest absolute Gasteiger partial charge is 0.0975 e. The SMILES string of the molecule is CCCCCCCCCCC(CCCCCCCCCC)C(C)S(=O)(=O)[O-].[NH4+]. The van der Waals surface area contributed by atoms with Crippen molar-refractivity contribution in [2.75, 3.05) is 0 Å². The Morgan fingerprint density at radius 2 is 0.893 bits per heavy atom. The molecular formula is C23H51NO3S. The summed E-state index contributed by atoms with van der Waals surface area (Å²) in [6.07, 6.45) is 21.9. The van der Waals surface area contributed by atoms with Crippen LogP contribution in [-0.2, 0) is 10.1 Å². The van der Waals surface area contributed by atoms with Crippen molar-refractivity contribution in [1.29, 1.82) is 0 Å². The van der Waals surface area contributed by atoms with Gasteiger partial charge in [-0.2, -0.15) is 0 Å². The number of quaternary nitrogens is 1. The molecule has 0 aromatic rings. The standard InChI is InChI=1S/C23H48O3S.H3N/c1-4-6-8-10-12-14-16-18-20-23(22(3)27(24,25)26)21-19-17-15-13-11-9-7-5-2;/h22-23H,4-21H2,1-3H3,(H,24,25,26);1H3. The molecule has 0 heterocycles. The molecule has 0 aromatic heterocycles. The molecule has 4 nitrogen and oxygen atoms in total. The second-order valence-corrected chi connectivity index (χ2v) is 10.2. The number of unbranched alkanes of at least 4 members (excludes halogenated alkanes) is 14. The predicted octanol–water partition coefficient (Wildman–Crippen LogP) is 7.97. The highest BCUT2D eigenvalue weighted by Crippen LogP contribution is 2.25. The van der Waals surface area contributed by atoms with Gasteiger partial charge in [0.25, 0.3) is 0 Å². The predicted molar refractivity (Wildman–Crippen MR) is 123 cm³/mol. The van der Waals surface area contributed by atoms with Crippen molar-refractivity contribution in [3.8, 4) is 0 Å². The summed E-state index contributed by atoms with van der Waals surface area (Å²) in [5.74, 6) is 0.0488. The van der Waals surface area contributed by atoms with E-state index in [9.17, 15) is 13.0 Å². The first-order valence-electron chi connectivity index (χ1n) is 11.9. The average Bonchev–Trinajstić information content (AvgIpc) is 2.63. The van der Waals surface area contributed by atoms with Gasteiger partial charge in [-0.1, -0.05) is 117 Å². The van der Waals surface area contributed by atoms with E-state index in [1.165, 1.54) is 89.9 Å². The molecule has 0 aliphatic heterocycles. The lowest BCUT2D eigenvalue weighted by molar-refractivity contribution is 0.364. The van der Waals surface area contributed by atoms with Crippen LogP contribution in [0.2, 0.25) is 0 Å². The molecular weight excluding hydrogens is 370 g/mol. The Hall–Kier alpha value is -0.130. The molecule has 0 fully saturated rings. The van der Waals surface area contributed by atoms with Crippen LogP contribution >= 0.6 is 0 Å². The van der Waals surface area contributed by atoms with Gasteiger partial charge >= 0.3 is 0 Å². The monoisotopic (exact) mass is 421 g/mol. The highest BCUT2D eigenvalue weighted by atomic mass is 32.2. The highest BCUT2D eigenvalue weighted by molar-refractivity contribution is 7.86. The Morgan fingerprint density at radius 3 is 1.18 bits per heavy atom. The van der Waals surface area contributed by atoms with Crippen molar-refractivity contribution in [1.82, 2.24) is 6.15 Å². The first kappa shape index (κ1) is 30.1. The zero-order chi connectivity index (χ0) is 20.4. The van der Waals surface area contributed by atoms with Gasteiger partial charge in [-0.3, -0.25) is 0 Å². The van der Waals surface area contributed by atoms with E-state index in [1.807, 2.05) is 0 Å². The molecule has 28 heavy (non-hydrogen) atoms. The maximum atomic E-state index is 11.5. The van der Waals surface area contributed by atoms with Crippen LogP contribution in [0.4, 0.5) is 0 Å². The minimum atomic E-state index is -4.17. The fourth-order valence-corrected chi connectivity index (χ4v) is 4.67. The van der Waals surface area contributed by atoms with Gasteiger partial charge in [0, 0.05) is 5.25 Å². The van der Waals surface area contributed by atoms with Gasteiger partial charge in [0.1, 0.15) is 0 Å². The van der Waals surface area contributed by atoms with Crippen molar-refractivity contribution >= 4 is 10.1 Å². The Bertz CT molecular complexity index is 392. The largest absolute Gasteiger partial charge is 0.748 e. The molecule has 0 saturated heterocycles. The van der Waals surface area contributed by atoms with E-state index in [0.717, 1.165) is 25.7 Å². The third-order valence-electron chi connectivity index (χ3n) is 5.98. The van der Waals surface area contributed by atoms with Crippen LogP contribution in [0, 0.1) is 5.92 Å². The van der Waals surface area contributed by atoms with E-state index >= 15 is 0 Å². The highest BCUT2D eigenvalue weighted by Gasteiger charge is 2.22. The fraction of sp³-hybridized carbons (Fsp3) is 1.00. The third-order valence-corrected chi connectivity index (χ3v) is 7.27. The second kappa shape index (κ2) is 20.2. The van der Waals surface area contributed by atoms with Crippen molar-refractivity contribution in [3.05, 3.63) is 0 Å². The number of hydrogen-bond acceptors (Lipinski definition) is 3. The minimum Gasteiger partial charge on any atom is -0.748 e. The molecule has 0 radical (unpaired) electrons. The summed E-state index contributed by atoms with van der Waals surface area (Å²) in [4.78, 5) is 0. The van der Waals surface area contributed by atoms with Gasteiger partial charge in [-0.25, -0.2) is 8.42 Å². The zero-order valence-corrected chi connectivity index (χ0v) is 20.3. The van der Waals surface area contributed by atoms with Crippen LogP contribution in [0.5, 0.6) is 0 Å². The van der Waals surface area contributed by atoms with Crippen molar-refractivity contribution < 1.29 is 13.0 Å². The van der Waals surface area contributed by atoms with Crippen LogP contribution in [0.15, 0.2) is 0 Å². The van der Waals surface area contributed by atoms with E-state index in [4.69, 9.17) is 0 Å². The zero-order valence-electron chi connectivity index (χ0n) is 19.5. The normalized spacial score (nSPS) is 12.9. The van der Waals surface area contributed by atoms with Crippen LogP contribution in [0.3, 0.4) is 0 Å². The van der Waals surface area contributed by atoms with Gasteiger partial charge < -0.3 is 10.7 Å². The van der Waals surface area contributed by atoms with E-state index in [1.54, 1.807) is 6.92 Å². The molecule has 172 valence electrons.